The summed E-state index contributed by atoms with van der Waals surface area (Å²) in [6.45, 7) is 3.87. The molecule has 0 radical (unpaired) electrons. The molecular weight excluding hydrogens is 264 g/mol. The van der Waals surface area contributed by atoms with Gasteiger partial charge >= 0.3 is 0 Å². The first-order chi connectivity index (χ1) is 10.2. The molecule has 3 rings (SSSR count). The molecule has 1 saturated heterocycles. The average Bonchev–Trinajstić information content (AvgIpc) is 2.93. The highest BCUT2D eigenvalue weighted by Crippen LogP contribution is 2.31. The van der Waals surface area contributed by atoms with Crippen LogP contribution in [0.5, 0.6) is 0 Å². The van der Waals surface area contributed by atoms with Crippen molar-refractivity contribution in [3.8, 4) is 6.07 Å². The molecule has 1 fully saturated rings. The van der Waals surface area contributed by atoms with Crippen molar-refractivity contribution in [1.82, 2.24) is 19.7 Å². The van der Waals surface area contributed by atoms with Gasteiger partial charge in [-0.25, -0.2) is 4.98 Å². The van der Waals surface area contributed by atoms with Gasteiger partial charge in [0.1, 0.15) is 18.2 Å². The molecule has 0 N–H and O–H groups in total. The van der Waals surface area contributed by atoms with E-state index in [9.17, 15) is 5.26 Å². The van der Waals surface area contributed by atoms with Gasteiger partial charge in [0.05, 0.1) is 5.69 Å². The number of nitriles is 1. The normalized spacial score (nSPS) is 16.0. The molecule has 0 aromatic carbocycles. The Morgan fingerprint density at radius 1 is 1.33 bits per heavy atom. The van der Waals surface area contributed by atoms with Crippen LogP contribution in [0.15, 0.2) is 18.6 Å². The predicted molar refractivity (Wildman–Crippen MR) is 78.9 cm³/mol. The first-order valence-corrected chi connectivity index (χ1v) is 7.15. The van der Waals surface area contributed by atoms with Gasteiger partial charge in [0.25, 0.3) is 0 Å². The summed E-state index contributed by atoms with van der Waals surface area (Å²) in [7, 11) is 1.99. The smallest absolute Gasteiger partial charge is 0.164 e. The lowest BCUT2D eigenvalue weighted by Crippen LogP contribution is -2.34. The molecule has 3 heterocycles. The molecule has 6 heteroatoms. The maximum absolute atomic E-state index is 9.25. The van der Waals surface area contributed by atoms with E-state index in [1.165, 1.54) is 0 Å². The molecule has 0 unspecified atom stereocenters. The molecule has 0 aliphatic carbocycles. The van der Waals surface area contributed by atoms with Crippen LogP contribution in [-0.4, -0.2) is 32.8 Å². The highest BCUT2D eigenvalue weighted by Gasteiger charge is 2.26. The minimum atomic E-state index is 0.441. The van der Waals surface area contributed by atoms with Crippen LogP contribution in [0.4, 0.5) is 5.69 Å². The van der Waals surface area contributed by atoms with E-state index in [0.29, 0.717) is 11.6 Å². The Morgan fingerprint density at radius 3 is 2.71 bits per heavy atom. The van der Waals surface area contributed by atoms with Crippen LogP contribution in [0.3, 0.4) is 0 Å². The fraction of sp³-hybridized carbons (Fsp3) is 0.467. The van der Waals surface area contributed by atoms with Crippen molar-refractivity contribution in [3.63, 3.8) is 0 Å². The fourth-order valence-corrected chi connectivity index (χ4v) is 3.05. The van der Waals surface area contributed by atoms with Gasteiger partial charge in [0.2, 0.25) is 0 Å². The number of nitrogens with zero attached hydrogens (tertiary/aromatic N) is 6. The van der Waals surface area contributed by atoms with E-state index in [0.717, 1.165) is 43.0 Å². The van der Waals surface area contributed by atoms with Crippen molar-refractivity contribution in [2.45, 2.75) is 25.7 Å². The topological polar surface area (TPSA) is 70.6 Å². The highest BCUT2D eigenvalue weighted by molar-refractivity contribution is 5.61. The lowest BCUT2D eigenvalue weighted by molar-refractivity contribution is 0.473. The SMILES string of the molecule is Cc1ccnc(C#N)c1N1CCC(c2nncn2C)CC1. The highest BCUT2D eigenvalue weighted by atomic mass is 15.3. The first-order valence-electron chi connectivity index (χ1n) is 7.15. The minimum Gasteiger partial charge on any atom is -0.369 e. The number of pyridine rings is 1. The summed E-state index contributed by atoms with van der Waals surface area (Å²) in [5.74, 6) is 1.49. The van der Waals surface area contributed by atoms with E-state index in [1.54, 1.807) is 12.5 Å². The van der Waals surface area contributed by atoms with Crippen LogP contribution in [0.2, 0.25) is 0 Å². The van der Waals surface area contributed by atoms with E-state index in [-0.39, 0.29) is 0 Å². The second kappa shape index (κ2) is 5.52. The maximum atomic E-state index is 9.25. The van der Waals surface area contributed by atoms with E-state index in [2.05, 4.69) is 26.2 Å². The van der Waals surface area contributed by atoms with Gasteiger partial charge < -0.3 is 9.47 Å². The predicted octanol–water partition coefficient (Wildman–Crippen LogP) is 1.77. The maximum Gasteiger partial charge on any atom is 0.164 e. The number of anilines is 1. The zero-order valence-electron chi connectivity index (χ0n) is 12.3. The van der Waals surface area contributed by atoms with E-state index in [1.807, 2.05) is 24.6 Å². The molecule has 2 aromatic rings. The van der Waals surface area contributed by atoms with Crippen molar-refractivity contribution in [2.75, 3.05) is 18.0 Å². The molecule has 0 amide bonds. The van der Waals surface area contributed by atoms with Crippen molar-refractivity contribution in [3.05, 3.63) is 35.7 Å². The summed E-state index contributed by atoms with van der Waals surface area (Å²) >= 11 is 0. The van der Waals surface area contributed by atoms with Crippen molar-refractivity contribution in [1.29, 1.82) is 5.26 Å². The first kappa shape index (κ1) is 13.6. The molecule has 1 aliphatic heterocycles. The number of hydrogen-bond acceptors (Lipinski definition) is 5. The van der Waals surface area contributed by atoms with E-state index < -0.39 is 0 Å². The lowest BCUT2D eigenvalue weighted by atomic mass is 9.95. The van der Waals surface area contributed by atoms with Gasteiger partial charge in [-0.3, -0.25) is 0 Å². The van der Waals surface area contributed by atoms with Crippen molar-refractivity contribution >= 4 is 5.69 Å². The Morgan fingerprint density at radius 2 is 2.10 bits per heavy atom. The third-order valence-electron chi connectivity index (χ3n) is 4.15. The molecule has 1 aliphatic rings. The standard InChI is InChI=1S/C15H18N6/c1-11-3-6-17-13(9-16)14(11)21-7-4-12(5-8-21)15-19-18-10-20(15)2/h3,6,10,12H,4-5,7-8H2,1-2H3. The van der Waals surface area contributed by atoms with E-state index in [4.69, 9.17) is 0 Å². The third kappa shape index (κ3) is 2.47. The fourth-order valence-electron chi connectivity index (χ4n) is 3.05. The second-order valence-electron chi connectivity index (χ2n) is 5.50. The lowest BCUT2D eigenvalue weighted by Gasteiger charge is -2.34. The van der Waals surface area contributed by atoms with Gasteiger partial charge in [-0.2, -0.15) is 5.26 Å². The molecule has 0 spiro atoms. The number of rotatable bonds is 2. The van der Waals surface area contributed by atoms with Gasteiger partial charge in [0, 0.05) is 32.3 Å². The van der Waals surface area contributed by atoms with Gasteiger partial charge in [-0.15, -0.1) is 10.2 Å². The Hall–Kier alpha value is -2.42. The molecule has 21 heavy (non-hydrogen) atoms. The Kier molecular flexibility index (Phi) is 3.57. The summed E-state index contributed by atoms with van der Waals surface area (Å²) in [6, 6.07) is 4.17. The monoisotopic (exact) mass is 282 g/mol. The Labute approximate surface area is 124 Å². The molecule has 0 saturated carbocycles. The molecular formula is C15H18N6. The van der Waals surface area contributed by atoms with Crippen LogP contribution < -0.4 is 4.90 Å². The van der Waals surface area contributed by atoms with Gasteiger partial charge in [-0.1, -0.05) is 0 Å². The zero-order chi connectivity index (χ0) is 14.8. The number of aryl methyl sites for hydroxylation is 2. The van der Waals surface area contributed by atoms with Crippen LogP contribution in [-0.2, 0) is 7.05 Å². The van der Waals surface area contributed by atoms with Crippen LogP contribution >= 0.6 is 0 Å². The molecule has 108 valence electrons. The summed E-state index contributed by atoms with van der Waals surface area (Å²) in [5.41, 5.74) is 2.61. The second-order valence-corrected chi connectivity index (χ2v) is 5.50. The van der Waals surface area contributed by atoms with Crippen LogP contribution in [0, 0.1) is 18.3 Å². The summed E-state index contributed by atoms with van der Waals surface area (Å²) in [4.78, 5) is 6.46. The molecule has 6 nitrogen and oxygen atoms in total. The van der Waals surface area contributed by atoms with Gasteiger partial charge in [-0.05, 0) is 31.4 Å². The van der Waals surface area contributed by atoms with Crippen LogP contribution in [0.1, 0.15) is 35.8 Å². The molecule has 0 bridgehead atoms. The molecule has 2 aromatic heterocycles. The summed E-state index contributed by atoms with van der Waals surface area (Å²) < 4.78 is 2.00. The van der Waals surface area contributed by atoms with Crippen LogP contribution in [0.25, 0.3) is 0 Å². The zero-order valence-corrected chi connectivity index (χ0v) is 12.3. The van der Waals surface area contributed by atoms with Crippen molar-refractivity contribution < 1.29 is 0 Å². The number of piperidine rings is 1. The Balaban J connectivity index is 1.78. The quantitative estimate of drug-likeness (QED) is 0.839. The Bertz CT molecular complexity index is 676. The summed E-state index contributed by atoms with van der Waals surface area (Å²) in [6.07, 6.45) is 5.49. The average molecular weight is 282 g/mol. The summed E-state index contributed by atoms with van der Waals surface area (Å²) in [5, 5.41) is 17.4. The number of hydrogen-bond donors (Lipinski definition) is 0. The minimum absolute atomic E-state index is 0.441. The third-order valence-corrected chi connectivity index (χ3v) is 4.15. The molecule has 0 atom stereocenters. The van der Waals surface area contributed by atoms with Crippen molar-refractivity contribution in [2.24, 2.45) is 7.05 Å². The van der Waals surface area contributed by atoms with E-state index >= 15 is 0 Å². The number of aromatic nitrogens is 4. The van der Waals surface area contributed by atoms with Gasteiger partial charge in [0.15, 0.2) is 5.69 Å². The largest absolute Gasteiger partial charge is 0.369 e.